The van der Waals surface area contributed by atoms with E-state index in [1.807, 2.05) is 12.1 Å². The lowest BCUT2D eigenvalue weighted by Gasteiger charge is -2.27. The first kappa shape index (κ1) is 9.08. The average Bonchev–Trinajstić information content (AvgIpc) is 2.30. The lowest BCUT2D eigenvalue weighted by atomic mass is 10.1. The maximum atomic E-state index is 5.27. The van der Waals surface area contributed by atoms with Crippen LogP contribution in [-0.4, -0.2) is 18.1 Å². The number of hydrogen-bond donors (Lipinski definition) is 0. The van der Waals surface area contributed by atoms with E-state index in [-0.39, 0.29) is 0 Å². The number of rotatable bonds is 1. The molecule has 2 heteroatoms. The Bertz CT molecular complexity index is 328. The number of aromatic nitrogens is 1. The zero-order valence-electron chi connectivity index (χ0n) is 8.24. The van der Waals surface area contributed by atoms with Crippen molar-refractivity contribution in [2.75, 3.05) is 18.0 Å². The second-order valence-electron chi connectivity index (χ2n) is 3.60. The predicted molar refractivity (Wildman–Crippen MR) is 58.2 cm³/mol. The number of anilines is 1. The summed E-state index contributed by atoms with van der Waals surface area (Å²) in [5.74, 6) is 3.64. The third-order valence-electron chi connectivity index (χ3n) is 2.59. The molecule has 0 spiro atoms. The Morgan fingerprint density at radius 1 is 1.21 bits per heavy atom. The van der Waals surface area contributed by atoms with Gasteiger partial charge in [-0.3, -0.25) is 0 Å². The summed E-state index contributed by atoms with van der Waals surface area (Å²) in [7, 11) is 0. The molecule has 14 heavy (non-hydrogen) atoms. The van der Waals surface area contributed by atoms with Crippen LogP contribution < -0.4 is 4.90 Å². The SMILES string of the molecule is C#Cc1ccc(N2CCCCC2)nc1. The summed E-state index contributed by atoms with van der Waals surface area (Å²) in [5.41, 5.74) is 0.853. The molecule has 2 rings (SSSR count). The van der Waals surface area contributed by atoms with Gasteiger partial charge >= 0.3 is 0 Å². The highest BCUT2D eigenvalue weighted by molar-refractivity contribution is 5.42. The first-order valence-electron chi connectivity index (χ1n) is 5.08. The van der Waals surface area contributed by atoms with Gasteiger partial charge in [-0.25, -0.2) is 4.98 Å². The van der Waals surface area contributed by atoms with Crippen LogP contribution in [0.5, 0.6) is 0 Å². The van der Waals surface area contributed by atoms with Gasteiger partial charge in [0.05, 0.1) is 0 Å². The second-order valence-corrected chi connectivity index (χ2v) is 3.60. The van der Waals surface area contributed by atoms with Crippen molar-refractivity contribution in [1.82, 2.24) is 4.98 Å². The van der Waals surface area contributed by atoms with Crippen molar-refractivity contribution >= 4 is 5.82 Å². The van der Waals surface area contributed by atoms with Gasteiger partial charge in [-0.2, -0.15) is 0 Å². The van der Waals surface area contributed by atoms with E-state index in [2.05, 4.69) is 15.8 Å². The van der Waals surface area contributed by atoms with Crippen LogP contribution in [0.25, 0.3) is 0 Å². The Morgan fingerprint density at radius 3 is 2.57 bits per heavy atom. The minimum absolute atomic E-state index is 0.853. The summed E-state index contributed by atoms with van der Waals surface area (Å²) in [6.07, 6.45) is 10.9. The number of piperidine rings is 1. The van der Waals surface area contributed by atoms with Gasteiger partial charge < -0.3 is 4.90 Å². The fourth-order valence-corrected chi connectivity index (χ4v) is 1.78. The zero-order valence-corrected chi connectivity index (χ0v) is 8.24. The molecule has 0 unspecified atom stereocenters. The minimum Gasteiger partial charge on any atom is -0.357 e. The molecule has 0 radical (unpaired) electrons. The van der Waals surface area contributed by atoms with Crippen LogP contribution in [0.1, 0.15) is 24.8 Å². The van der Waals surface area contributed by atoms with Crippen molar-refractivity contribution in [2.24, 2.45) is 0 Å². The van der Waals surface area contributed by atoms with E-state index in [1.165, 1.54) is 19.3 Å². The molecule has 0 N–H and O–H groups in total. The summed E-state index contributed by atoms with van der Waals surface area (Å²) < 4.78 is 0. The van der Waals surface area contributed by atoms with Gasteiger partial charge in [-0.1, -0.05) is 5.92 Å². The van der Waals surface area contributed by atoms with E-state index in [0.29, 0.717) is 0 Å². The summed E-state index contributed by atoms with van der Waals surface area (Å²) in [4.78, 5) is 6.68. The molecule has 1 aliphatic heterocycles. The van der Waals surface area contributed by atoms with Gasteiger partial charge in [0.1, 0.15) is 5.82 Å². The predicted octanol–water partition coefficient (Wildman–Crippen LogP) is 2.05. The first-order valence-corrected chi connectivity index (χ1v) is 5.08. The maximum Gasteiger partial charge on any atom is 0.128 e. The van der Waals surface area contributed by atoms with Crippen molar-refractivity contribution < 1.29 is 0 Å². The lowest BCUT2D eigenvalue weighted by Crippen LogP contribution is -2.29. The van der Waals surface area contributed by atoms with Crippen LogP contribution in [0.3, 0.4) is 0 Å². The van der Waals surface area contributed by atoms with Crippen LogP contribution in [-0.2, 0) is 0 Å². The van der Waals surface area contributed by atoms with E-state index >= 15 is 0 Å². The molecule has 0 saturated carbocycles. The number of hydrogen-bond acceptors (Lipinski definition) is 2. The quantitative estimate of drug-likeness (QED) is 0.624. The molecule has 1 saturated heterocycles. The molecule has 1 fully saturated rings. The summed E-state index contributed by atoms with van der Waals surface area (Å²) >= 11 is 0. The normalized spacial score (nSPS) is 16.4. The Hall–Kier alpha value is -1.49. The molecule has 2 nitrogen and oxygen atoms in total. The van der Waals surface area contributed by atoms with Crippen LogP contribution in [0.2, 0.25) is 0 Å². The van der Waals surface area contributed by atoms with Crippen LogP contribution in [0.4, 0.5) is 5.82 Å². The molecule has 72 valence electrons. The van der Waals surface area contributed by atoms with Crippen molar-refractivity contribution in [2.45, 2.75) is 19.3 Å². The van der Waals surface area contributed by atoms with Gasteiger partial charge in [0.25, 0.3) is 0 Å². The van der Waals surface area contributed by atoms with Crippen molar-refractivity contribution in [3.05, 3.63) is 23.9 Å². The van der Waals surface area contributed by atoms with E-state index < -0.39 is 0 Å². The van der Waals surface area contributed by atoms with Crippen molar-refractivity contribution in [1.29, 1.82) is 0 Å². The highest BCUT2D eigenvalue weighted by atomic mass is 15.2. The highest BCUT2D eigenvalue weighted by Crippen LogP contribution is 2.16. The molecule has 0 amide bonds. The molecule has 0 aliphatic carbocycles. The first-order chi connectivity index (χ1) is 6.90. The Kier molecular flexibility index (Phi) is 2.69. The Balaban J connectivity index is 2.12. The monoisotopic (exact) mass is 186 g/mol. The minimum atomic E-state index is 0.853. The smallest absolute Gasteiger partial charge is 0.128 e. The Morgan fingerprint density at radius 2 is 2.00 bits per heavy atom. The van der Waals surface area contributed by atoms with Gasteiger partial charge in [0.15, 0.2) is 0 Å². The van der Waals surface area contributed by atoms with Crippen LogP contribution >= 0.6 is 0 Å². The molecular formula is C12H14N2. The van der Waals surface area contributed by atoms with Crippen LogP contribution in [0.15, 0.2) is 18.3 Å². The van der Waals surface area contributed by atoms with Crippen molar-refractivity contribution in [3.63, 3.8) is 0 Å². The Labute approximate surface area is 85.0 Å². The number of nitrogens with zero attached hydrogens (tertiary/aromatic N) is 2. The third-order valence-corrected chi connectivity index (χ3v) is 2.59. The van der Waals surface area contributed by atoms with E-state index in [0.717, 1.165) is 24.5 Å². The van der Waals surface area contributed by atoms with Crippen molar-refractivity contribution in [3.8, 4) is 12.3 Å². The molecule has 2 heterocycles. The molecule has 1 aromatic heterocycles. The summed E-state index contributed by atoms with van der Waals surface area (Å²) in [6.45, 7) is 2.25. The number of terminal acetylenes is 1. The molecule has 0 aromatic carbocycles. The van der Waals surface area contributed by atoms with Gasteiger partial charge in [-0.05, 0) is 31.4 Å². The summed E-state index contributed by atoms with van der Waals surface area (Å²) in [6, 6.07) is 3.97. The largest absolute Gasteiger partial charge is 0.357 e. The topological polar surface area (TPSA) is 16.1 Å². The van der Waals surface area contributed by atoms with E-state index in [9.17, 15) is 0 Å². The molecule has 1 aromatic rings. The average molecular weight is 186 g/mol. The fraction of sp³-hybridized carbons (Fsp3) is 0.417. The maximum absolute atomic E-state index is 5.27. The third kappa shape index (κ3) is 1.88. The van der Waals surface area contributed by atoms with Crippen LogP contribution in [0, 0.1) is 12.3 Å². The molecule has 0 atom stereocenters. The highest BCUT2D eigenvalue weighted by Gasteiger charge is 2.11. The van der Waals surface area contributed by atoms with Gasteiger partial charge in [0, 0.05) is 24.8 Å². The second kappa shape index (κ2) is 4.15. The van der Waals surface area contributed by atoms with E-state index in [1.54, 1.807) is 6.20 Å². The molecule has 1 aliphatic rings. The van der Waals surface area contributed by atoms with Gasteiger partial charge in [-0.15, -0.1) is 6.42 Å². The lowest BCUT2D eigenvalue weighted by molar-refractivity contribution is 0.573. The summed E-state index contributed by atoms with van der Waals surface area (Å²) in [5, 5.41) is 0. The van der Waals surface area contributed by atoms with E-state index in [4.69, 9.17) is 6.42 Å². The standard InChI is InChI=1S/C12H14N2/c1-2-11-6-7-12(13-10-11)14-8-4-3-5-9-14/h1,6-7,10H,3-5,8-9H2. The molecule has 0 bridgehead atoms. The van der Waals surface area contributed by atoms with Gasteiger partial charge in [0.2, 0.25) is 0 Å². The fourth-order valence-electron chi connectivity index (χ4n) is 1.78. The number of pyridine rings is 1. The zero-order chi connectivity index (χ0) is 9.80. The molecular weight excluding hydrogens is 172 g/mol.